The van der Waals surface area contributed by atoms with Crippen LogP contribution in [0.1, 0.15) is 34.7 Å². The van der Waals surface area contributed by atoms with Crippen LogP contribution in [0.3, 0.4) is 0 Å². The number of carbonyl (C=O) groups excluding carboxylic acids is 1. The van der Waals surface area contributed by atoms with Crippen molar-refractivity contribution in [2.45, 2.75) is 19.9 Å². The summed E-state index contributed by atoms with van der Waals surface area (Å²) in [4.78, 5) is 28.8. The molecule has 0 spiro atoms. The van der Waals surface area contributed by atoms with Crippen molar-refractivity contribution >= 4 is 17.5 Å². The fourth-order valence-electron chi connectivity index (χ4n) is 2.57. The van der Waals surface area contributed by atoms with E-state index >= 15 is 0 Å². The first-order valence-electron chi connectivity index (χ1n) is 8.04. The monoisotopic (exact) mass is 368 g/mol. The van der Waals surface area contributed by atoms with Gasteiger partial charge in [0.05, 0.1) is 16.8 Å². The zero-order valence-electron chi connectivity index (χ0n) is 14.3. The Kier molecular flexibility index (Phi) is 5.14. The molecule has 0 aliphatic carbocycles. The number of halogens is 1. The van der Waals surface area contributed by atoms with Crippen molar-refractivity contribution in [2.75, 3.05) is 0 Å². The number of rotatable bonds is 4. The Morgan fingerprint density at radius 3 is 2.58 bits per heavy atom. The molecule has 0 aliphatic rings. The molecule has 0 fully saturated rings. The van der Waals surface area contributed by atoms with Gasteiger partial charge in [-0.25, -0.2) is 4.68 Å². The Morgan fingerprint density at radius 2 is 1.88 bits per heavy atom. The highest BCUT2D eigenvalue weighted by molar-refractivity contribution is 6.32. The van der Waals surface area contributed by atoms with E-state index in [1.807, 2.05) is 13.0 Å². The average molecular weight is 369 g/mol. The maximum absolute atomic E-state index is 12.6. The summed E-state index contributed by atoms with van der Waals surface area (Å²) in [6.07, 6.45) is 3.29. The van der Waals surface area contributed by atoms with Gasteiger partial charge in [0.25, 0.3) is 5.91 Å². The zero-order chi connectivity index (χ0) is 18.7. The van der Waals surface area contributed by atoms with Crippen LogP contribution in [0.5, 0.6) is 0 Å². The standard InChI is InChI=1S/C19H17ClN4O2/c1-12-11-17(25)18(23-24(12)16-6-4-3-5-15(16)20)19(26)22-13(2)14-7-9-21-10-8-14/h3-11,13H,1-2H3,(H,22,26). The van der Waals surface area contributed by atoms with Gasteiger partial charge < -0.3 is 5.32 Å². The normalized spacial score (nSPS) is 11.8. The van der Waals surface area contributed by atoms with Crippen LogP contribution in [0.15, 0.2) is 59.7 Å². The second kappa shape index (κ2) is 7.49. The smallest absolute Gasteiger partial charge is 0.276 e. The van der Waals surface area contributed by atoms with Crippen molar-refractivity contribution in [1.82, 2.24) is 20.1 Å². The Morgan fingerprint density at radius 1 is 1.19 bits per heavy atom. The Hall–Kier alpha value is -2.99. The fourth-order valence-corrected chi connectivity index (χ4v) is 2.79. The number of aromatic nitrogens is 3. The first kappa shape index (κ1) is 17.8. The molecular weight excluding hydrogens is 352 g/mol. The minimum atomic E-state index is -0.542. The third kappa shape index (κ3) is 3.65. The number of pyridine rings is 1. The second-order valence-electron chi connectivity index (χ2n) is 5.84. The van der Waals surface area contributed by atoms with Gasteiger partial charge in [0.15, 0.2) is 5.69 Å². The summed E-state index contributed by atoms with van der Waals surface area (Å²) in [5.41, 5.74) is 1.44. The van der Waals surface area contributed by atoms with E-state index in [-0.39, 0.29) is 11.7 Å². The van der Waals surface area contributed by atoms with Gasteiger partial charge >= 0.3 is 0 Å². The maximum atomic E-state index is 12.6. The number of carbonyl (C=O) groups is 1. The lowest BCUT2D eigenvalue weighted by molar-refractivity contribution is 0.0932. The molecule has 1 unspecified atom stereocenters. The lowest BCUT2D eigenvalue weighted by Gasteiger charge is -2.15. The molecule has 0 saturated heterocycles. The number of aryl methyl sites for hydroxylation is 1. The number of hydrogen-bond donors (Lipinski definition) is 1. The number of para-hydroxylation sites is 1. The summed E-state index contributed by atoms with van der Waals surface area (Å²) in [5, 5.41) is 7.51. The third-order valence-electron chi connectivity index (χ3n) is 3.96. The minimum absolute atomic E-state index is 0.184. The second-order valence-corrected chi connectivity index (χ2v) is 6.24. The predicted octanol–water partition coefficient (Wildman–Crippen LogP) is 3.08. The quantitative estimate of drug-likeness (QED) is 0.767. The summed E-state index contributed by atoms with van der Waals surface area (Å²) in [5.74, 6) is -0.542. The van der Waals surface area contributed by atoms with Gasteiger partial charge in [-0.1, -0.05) is 23.7 Å². The van der Waals surface area contributed by atoms with Crippen LogP contribution in [0.2, 0.25) is 5.02 Å². The van der Waals surface area contributed by atoms with E-state index in [1.165, 1.54) is 10.7 Å². The van der Waals surface area contributed by atoms with Crippen molar-refractivity contribution in [3.8, 4) is 5.69 Å². The SMILES string of the molecule is Cc1cc(=O)c(C(=O)NC(C)c2ccncc2)nn1-c1ccccc1Cl. The van der Waals surface area contributed by atoms with E-state index in [9.17, 15) is 9.59 Å². The van der Waals surface area contributed by atoms with Crippen molar-refractivity contribution in [3.63, 3.8) is 0 Å². The van der Waals surface area contributed by atoms with E-state index in [0.29, 0.717) is 16.4 Å². The third-order valence-corrected chi connectivity index (χ3v) is 4.28. The molecule has 1 atom stereocenters. The molecule has 1 aromatic carbocycles. The first-order valence-corrected chi connectivity index (χ1v) is 8.42. The molecule has 2 heterocycles. The van der Waals surface area contributed by atoms with Crippen LogP contribution >= 0.6 is 11.6 Å². The van der Waals surface area contributed by atoms with Gasteiger partial charge in [0.1, 0.15) is 0 Å². The largest absolute Gasteiger partial charge is 0.344 e. The summed E-state index contributed by atoms with van der Waals surface area (Å²) in [7, 11) is 0. The Labute approximate surface area is 155 Å². The van der Waals surface area contributed by atoms with Gasteiger partial charge in [0, 0.05) is 24.2 Å². The molecule has 1 N–H and O–H groups in total. The highest BCUT2D eigenvalue weighted by Crippen LogP contribution is 2.20. The topological polar surface area (TPSA) is 76.9 Å². The van der Waals surface area contributed by atoms with E-state index in [1.54, 1.807) is 49.6 Å². The van der Waals surface area contributed by atoms with Crippen molar-refractivity contribution in [3.05, 3.63) is 87.1 Å². The van der Waals surface area contributed by atoms with E-state index in [2.05, 4.69) is 15.4 Å². The van der Waals surface area contributed by atoms with Gasteiger partial charge in [-0.15, -0.1) is 0 Å². The van der Waals surface area contributed by atoms with Crippen molar-refractivity contribution in [2.24, 2.45) is 0 Å². The van der Waals surface area contributed by atoms with Crippen LogP contribution in [-0.4, -0.2) is 20.7 Å². The van der Waals surface area contributed by atoms with Crippen LogP contribution in [0.4, 0.5) is 0 Å². The van der Waals surface area contributed by atoms with Crippen molar-refractivity contribution < 1.29 is 4.79 Å². The highest BCUT2D eigenvalue weighted by atomic mass is 35.5. The van der Waals surface area contributed by atoms with Crippen LogP contribution < -0.4 is 10.7 Å². The molecule has 0 bridgehead atoms. The summed E-state index contributed by atoms with van der Waals surface area (Å²) < 4.78 is 1.50. The molecule has 1 amide bonds. The molecule has 6 nitrogen and oxygen atoms in total. The number of nitrogens with one attached hydrogen (secondary N) is 1. The molecule has 0 aliphatic heterocycles. The van der Waals surface area contributed by atoms with Gasteiger partial charge in [-0.3, -0.25) is 14.6 Å². The number of hydrogen-bond acceptors (Lipinski definition) is 4. The Balaban J connectivity index is 1.95. The summed E-state index contributed by atoms with van der Waals surface area (Å²) in [6.45, 7) is 3.56. The lowest BCUT2D eigenvalue weighted by atomic mass is 10.1. The molecule has 132 valence electrons. The fraction of sp³-hybridized carbons (Fsp3) is 0.158. The van der Waals surface area contributed by atoms with Gasteiger partial charge in [-0.05, 0) is 43.7 Å². The van der Waals surface area contributed by atoms with Crippen molar-refractivity contribution in [1.29, 1.82) is 0 Å². The molecule has 7 heteroatoms. The molecule has 26 heavy (non-hydrogen) atoms. The number of benzene rings is 1. The maximum Gasteiger partial charge on any atom is 0.276 e. The predicted molar refractivity (Wildman–Crippen MR) is 99.7 cm³/mol. The van der Waals surface area contributed by atoms with E-state index in [4.69, 9.17) is 11.6 Å². The van der Waals surface area contributed by atoms with Crippen LogP contribution in [0.25, 0.3) is 5.69 Å². The molecular formula is C19H17ClN4O2. The van der Waals surface area contributed by atoms with Crippen LogP contribution in [0, 0.1) is 6.92 Å². The number of amides is 1. The first-order chi connectivity index (χ1) is 12.5. The highest BCUT2D eigenvalue weighted by Gasteiger charge is 2.18. The van der Waals surface area contributed by atoms with Gasteiger partial charge in [0.2, 0.25) is 5.43 Å². The molecule has 0 radical (unpaired) electrons. The molecule has 3 aromatic rings. The van der Waals surface area contributed by atoms with Gasteiger partial charge in [-0.2, -0.15) is 5.10 Å². The molecule has 0 saturated carbocycles. The molecule has 2 aromatic heterocycles. The van der Waals surface area contributed by atoms with E-state index < -0.39 is 11.3 Å². The van der Waals surface area contributed by atoms with Crippen LogP contribution in [-0.2, 0) is 0 Å². The Bertz CT molecular complexity index is 1000. The summed E-state index contributed by atoms with van der Waals surface area (Å²) in [6, 6.07) is 11.8. The average Bonchev–Trinajstić information content (AvgIpc) is 2.63. The minimum Gasteiger partial charge on any atom is -0.344 e. The summed E-state index contributed by atoms with van der Waals surface area (Å²) >= 11 is 6.22. The lowest BCUT2D eigenvalue weighted by Crippen LogP contribution is -2.33. The number of nitrogens with zero attached hydrogens (tertiary/aromatic N) is 3. The van der Waals surface area contributed by atoms with E-state index in [0.717, 1.165) is 5.56 Å². The zero-order valence-corrected chi connectivity index (χ0v) is 15.1. The molecule has 3 rings (SSSR count).